The fourth-order valence-electron chi connectivity index (χ4n) is 1.95. The van der Waals surface area contributed by atoms with Crippen LogP contribution in [0.3, 0.4) is 0 Å². The summed E-state index contributed by atoms with van der Waals surface area (Å²) in [5, 5.41) is 5.16. The number of amides is 2. The lowest BCUT2D eigenvalue weighted by Crippen LogP contribution is -2.64. The molecule has 0 aliphatic carbocycles. The van der Waals surface area contributed by atoms with Crippen LogP contribution in [-0.4, -0.2) is 16.9 Å². The minimum atomic E-state index is -1.05. The van der Waals surface area contributed by atoms with Crippen molar-refractivity contribution in [2.24, 2.45) is 11.3 Å². The van der Waals surface area contributed by atoms with Gasteiger partial charge in [0.1, 0.15) is 5.41 Å². The Morgan fingerprint density at radius 3 is 2.18 bits per heavy atom. The molecule has 1 aliphatic rings. The maximum absolute atomic E-state index is 12.1. The lowest BCUT2D eigenvalue weighted by molar-refractivity contribution is -0.146. The Morgan fingerprint density at radius 2 is 1.76 bits per heavy atom. The van der Waals surface area contributed by atoms with Crippen LogP contribution in [0.5, 0.6) is 0 Å². The first-order valence-electron chi connectivity index (χ1n) is 5.77. The van der Waals surface area contributed by atoms with Gasteiger partial charge < -0.3 is 10.6 Å². The molecule has 0 aromatic carbocycles. The van der Waals surface area contributed by atoms with Gasteiger partial charge in [-0.1, -0.05) is 32.9 Å². The Bertz CT molecular complexity index is 355. The summed E-state index contributed by atoms with van der Waals surface area (Å²) in [6.45, 7) is 5.75. The van der Waals surface area contributed by atoms with Gasteiger partial charge in [0.15, 0.2) is 5.11 Å². The molecule has 1 saturated heterocycles. The Labute approximate surface area is 107 Å². The third-order valence-electron chi connectivity index (χ3n) is 3.09. The minimum Gasteiger partial charge on any atom is -0.302 e. The van der Waals surface area contributed by atoms with Crippen LogP contribution in [0.4, 0.5) is 0 Å². The van der Waals surface area contributed by atoms with Gasteiger partial charge in [-0.05, 0) is 31.0 Å². The predicted octanol–water partition coefficient (Wildman–Crippen LogP) is 1.52. The van der Waals surface area contributed by atoms with Gasteiger partial charge >= 0.3 is 0 Å². The molecule has 1 rings (SSSR count). The van der Waals surface area contributed by atoms with E-state index in [9.17, 15) is 9.59 Å². The van der Waals surface area contributed by atoms with E-state index in [1.807, 2.05) is 32.9 Å². The highest BCUT2D eigenvalue weighted by atomic mass is 32.1. The summed E-state index contributed by atoms with van der Waals surface area (Å²) in [6, 6.07) is 0. The van der Waals surface area contributed by atoms with E-state index in [0.29, 0.717) is 6.42 Å². The van der Waals surface area contributed by atoms with Crippen molar-refractivity contribution >= 4 is 29.1 Å². The molecule has 4 nitrogen and oxygen atoms in total. The topological polar surface area (TPSA) is 58.2 Å². The minimum absolute atomic E-state index is 0.0906. The summed E-state index contributed by atoms with van der Waals surface area (Å²) >= 11 is 4.80. The van der Waals surface area contributed by atoms with Gasteiger partial charge in [0.2, 0.25) is 11.8 Å². The number of hydrogen-bond acceptors (Lipinski definition) is 3. The second kappa shape index (κ2) is 5.40. The molecule has 0 spiro atoms. The van der Waals surface area contributed by atoms with E-state index in [4.69, 9.17) is 12.2 Å². The Kier molecular flexibility index (Phi) is 4.40. The van der Waals surface area contributed by atoms with Gasteiger partial charge in [0, 0.05) is 0 Å². The molecule has 1 fully saturated rings. The third-order valence-corrected chi connectivity index (χ3v) is 3.30. The molecule has 94 valence electrons. The molecule has 2 N–H and O–H groups in total. The second-order valence-corrected chi connectivity index (χ2v) is 4.86. The molecule has 0 aromatic heterocycles. The number of hydrogen-bond donors (Lipinski definition) is 2. The predicted molar refractivity (Wildman–Crippen MR) is 70.2 cm³/mol. The zero-order valence-corrected chi connectivity index (χ0v) is 11.2. The summed E-state index contributed by atoms with van der Waals surface area (Å²) in [5.74, 6) is -0.698. The molecule has 0 radical (unpaired) electrons. The molecule has 0 saturated carbocycles. The summed E-state index contributed by atoms with van der Waals surface area (Å²) in [4.78, 5) is 24.2. The first-order chi connectivity index (χ1) is 7.95. The Morgan fingerprint density at radius 1 is 1.24 bits per heavy atom. The highest BCUT2D eigenvalue weighted by Gasteiger charge is 2.50. The quantitative estimate of drug-likeness (QED) is 0.454. The standard InChI is InChI=1S/C12H18N2O2S/c1-4-5-6-7-12(8(2)3)9(15)13-11(17)14-10(12)16/h5-6,8H,4,7H2,1-3H3,(H2,13,14,15,16,17)/b6-5+. The van der Waals surface area contributed by atoms with Crippen molar-refractivity contribution in [2.45, 2.75) is 33.6 Å². The van der Waals surface area contributed by atoms with E-state index in [0.717, 1.165) is 6.42 Å². The smallest absolute Gasteiger partial charge is 0.242 e. The lowest BCUT2D eigenvalue weighted by Gasteiger charge is -2.37. The average Bonchev–Trinajstić information content (AvgIpc) is 2.21. The molecule has 1 heterocycles. The molecule has 5 heteroatoms. The van der Waals surface area contributed by atoms with Gasteiger partial charge in [-0.3, -0.25) is 9.59 Å². The van der Waals surface area contributed by atoms with E-state index in [1.54, 1.807) is 0 Å². The highest BCUT2D eigenvalue weighted by Crippen LogP contribution is 2.34. The monoisotopic (exact) mass is 254 g/mol. The molecular formula is C12H18N2O2S. The highest BCUT2D eigenvalue weighted by molar-refractivity contribution is 7.80. The number of rotatable bonds is 4. The summed E-state index contributed by atoms with van der Waals surface area (Å²) in [7, 11) is 0. The van der Waals surface area contributed by atoms with E-state index in [2.05, 4.69) is 10.6 Å². The van der Waals surface area contributed by atoms with E-state index >= 15 is 0 Å². The van der Waals surface area contributed by atoms with Crippen LogP contribution < -0.4 is 10.6 Å². The van der Waals surface area contributed by atoms with Crippen LogP contribution in [0, 0.1) is 11.3 Å². The van der Waals surface area contributed by atoms with Crippen molar-refractivity contribution in [3.63, 3.8) is 0 Å². The van der Waals surface area contributed by atoms with Crippen LogP contribution in [-0.2, 0) is 9.59 Å². The van der Waals surface area contributed by atoms with Gasteiger partial charge in [0.25, 0.3) is 0 Å². The number of nitrogens with one attached hydrogen (secondary N) is 2. The van der Waals surface area contributed by atoms with E-state index in [1.165, 1.54) is 0 Å². The van der Waals surface area contributed by atoms with Crippen LogP contribution in [0.25, 0.3) is 0 Å². The first kappa shape index (κ1) is 13.8. The van der Waals surface area contributed by atoms with Crippen LogP contribution in [0.2, 0.25) is 0 Å². The Hall–Kier alpha value is -1.23. The van der Waals surface area contributed by atoms with Gasteiger partial charge in [-0.25, -0.2) is 0 Å². The van der Waals surface area contributed by atoms with Crippen LogP contribution in [0.15, 0.2) is 12.2 Å². The molecular weight excluding hydrogens is 236 g/mol. The largest absolute Gasteiger partial charge is 0.302 e. The van der Waals surface area contributed by atoms with Gasteiger partial charge in [-0.2, -0.15) is 0 Å². The Balaban J connectivity index is 3.04. The molecule has 0 bridgehead atoms. The summed E-state index contributed by atoms with van der Waals surface area (Å²) < 4.78 is 0. The fraction of sp³-hybridized carbons (Fsp3) is 0.583. The number of thiocarbonyl (C=S) groups is 1. The van der Waals surface area contributed by atoms with E-state index in [-0.39, 0.29) is 22.8 Å². The maximum Gasteiger partial charge on any atom is 0.242 e. The third kappa shape index (κ3) is 2.54. The molecule has 2 amide bonds. The molecule has 1 aliphatic heterocycles. The number of allylic oxidation sites excluding steroid dienone is 2. The zero-order valence-electron chi connectivity index (χ0n) is 10.4. The molecule has 0 unspecified atom stereocenters. The first-order valence-corrected chi connectivity index (χ1v) is 6.17. The average molecular weight is 254 g/mol. The molecule has 17 heavy (non-hydrogen) atoms. The van der Waals surface area contributed by atoms with Crippen molar-refractivity contribution in [3.05, 3.63) is 12.2 Å². The van der Waals surface area contributed by atoms with Crippen molar-refractivity contribution in [3.8, 4) is 0 Å². The normalized spacial score (nSPS) is 19.6. The van der Waals surface area contributed by atoms with Crippen LogP contribution >= 0.6 is 12.2 Å². The van der Waals surface area contributed by atoms with E-state index < -0.39 is 5.41 Å². The van der Waals surface area contributed by atoms with Crippen molar-refractivity contribution in [2.75, 3.05) is 0 Å². The molecule has 0 atom stereocenters. The number of carbonyl (C=O) groups is 2. The van der Waals surface area contributed by atoms with Crippen LogP contribution in [0.1, 0.15) is 33.6 Å². The second-order valence-electron chi connectivity index (χ2n) is 4.45. The summed E-state index contributed by atoms with van der Waals surface area (Å²) in [5.41, 5.74) is -1.05. The van der Waals surface area contributed by atoms with Crippen molar-refractivity contribution in [1.29, 1.82) is 0 Å². The molecule has 0 aromatic rings. The maximum atomic E-state index is 12.1. The number of carbonyl (C=O) groups excluding carboxylic acids is 2. The van der Waals surface area contributed by atoms with Gasteiger partial charge in [-0.15, -0.1) is 0 Å². The van der Waals surface area contributed by atoms with Crippen molar-refractivity contribution in [1.82, 2.24) is 10.6 Å². The van der Waals surface area contributed by atoms with Gasteiger partial charge in [0.05, 0.1) is 0 Å². The fourth-order valence-corrected chi connectivity index (χ4v) is 2.13. The van der Waals surface area contributed by atoms with Crippen molar-refractivity contribution < 1.29 is 9.59 Å². The lowest BCUT2D eigenvalue weighted by atomic mass is 9.72. The zero-order chi connectivity index (χ0) is 13.1. The SMILES string of the molecule is CC/C=C/CC1(C(C)C)C(=O)NC(=S)NC1=O. The summed E-state index contributed by atoms with van der Waals surface area (Å²) in [6.07, 6.45) is 5.12.